The van der Waals surface area contributed by atoms with E-state index in [0.29, 0.717) is 17.8 Å². The first-order chi connectivity index (χ1) is 15.7. The van der Waals surface area contributed by atoms with E-state index >= 15 is 0 Å². The smallest absolute Gasteiger partial charge is 0.253 e. The van der Waals surface area contributed by atoms with Gasteiger partial charge in [-0.2, -0.15) is 0 Å². The standard InChI is InChI=1S/C25H28N4O2S/c30-23(27-19-11-4-3-10-18(19)24(31)26-17-8-1-2-9-17)16-29-15-7-13-21(29)25-28-20-12-5-6-14-22(20)32-25/h3-6,10-12,14,17,21H,1-2,7-9,13,15-16H2,(H,26,31)(H,27,30)/t21-/m0/s1. The third-order valence-corrected chi connectivity index (χ3v) is 7.58. The Kier molecular flexibility index (Phi) is 6.19. The Labute approximate surface area is 192 Å². The van der Waals surface area contributed by atoms with Crippen LogP contribution in [0.4, 0.5) is 5.69 Å². The van der Waals surface area contributed by atoms with Crippen LogP contribution in [0.25, 0.3) is 10.2 Å². The highest BCUT2D eigenvalue weighted by Gasteiger charge is 2.30. The average Bonchev–Trinajstić information content (AvgIpc) is 3.54. The summed E-state index contributed by atoms with van der Waals surface area (Å²) in [6.45, 7) is 1.16. The Hall–Kier alpha value is -2.77. The lowest BCUT2D eigenvalue weighted by Crippen LogP contribution is -2.35. The van der Waals surface area contributed by atoms with E-state index in [1.807, 2.05) is 30.3 Å². The lowest BCUT2D eigenvalue weighted by atomic mass is 10.1. The van der Waals surface area contributed by atoms with Gasteiger partial charge in [0.2, 0.25) is 5.91 Å². The van der Waals surface area contributed by atoms with Gasteiger partial charge in [-0.25, -0.2) is 4.98 Å². The van der Waals surface area contributed by atoms with Gasteiger partial charge in [-0.05, 0) is 56.5 Å². The number of benzene rings is 2. The summed E-state index contributed by atoms with van der Waals surface area (Å²) < 4.78 is 1.18. The number of carbonyl (C=O) groups excluding carboxylic acids is 2. The van der Waals surface area contributed by atoms with Crippen LogP contribution in [0.3, 0.4) is 0 Å². The summed E-state index contributed by atoms with van der Waals surface area (Å²) in [5.41, 5.74) is 2.12. The maximum absolute atomic E-state index is 12.9. The van der Waals surface area contributed by atoms with E-state index in [-0.39, 0.29) is 23.9 Å². The number of fused-ring (bicyclic) bond motifs is 1. The predicted molar refractivity (Wildman–Crippen MR) is 128 cm³/mol. The van der Waals surface area contributed by atoms with Crippen LogP contribution in [0, 0.1) is 0 Å². The van der Waals surface area contributed by atoms with Crippen LogP contribution >= 0.6 is 11.3 Å². The molecular formula is C25H28N4O2S. The number of nitrogens with zero attached hydrogens (tertiary/aromatic N) is 2. The zero-order chi connectivity index (χ0) is 21.9. The van der Waals surface area contributed by atoms with Gasteiger partial charge in [-0.1, -0.05) is 37.1 Å². The molecule has 1 saturated carbocycles. The van der Waals surface area contributed by atoms with Crippen molar-refractivity contribution in [1.29, 1.82) is 0 Å². The van der Waals surface area contributed by atoms with Crippen molar-refractivity contribution in [3.8, 4) is 0 Å². The van der Waals surface area contributed by atoms with Gasteiger partial charge in [-0.15, -0.1) is 11.3 Å². The van der Waals surface area contributed by atoms with Crippen molar-refractivity contribution in [2.24, 2.45) is 0 Å². The molecule has 5 rings (SSSR count). The highest BCUT2D eigenvalue weighted by Crippen LogP contribution is 2.36. The second-order valence-electron chi connectivity index (χ2n) is 8.70. The minimum atomic E-state index is -0.110. The Morgan fingerprint density at radius 1 is 1.00 bits per heavy atom. The molecular weight excluding hydrogens is 420 g/mol. The van der Waals surface area contributed by atoms with Crippen LogP contribution in [0.5, 0.6) is 0 Å². The predicted octanol–water partition coefficient (Wildman–Crippen LogP) is 4.74. The first-order valence-corrected chi connectivity index (χ1v) is 12.3. The van der Waals surface area contributed by atoms with Crippen LogP contribution in [0.15, 0.2) is 48.5 Å². The number of carbonyl (C=O) groups is 2. The fraction of sp³-hybridized carbons (Fsp3) is 0.400. The van der Waals surface area contributed by atoms with Crippen molar-refractivity contribution >= 4 is 39.1 Å². The molecule has 0 spiro atoms. The van der Waals surface area contributed by atoms with Crippen molar-refractivity contribution < 1.29 is 9.59 Å². The summed E-state index contributed by atoms with van der Waals surface area (Å²) in [5, 5.41) is 7.18. The third kappa shape index (κ3) is 4.54. The van der Waals surface area contributed by atoms with E-state index in [9.17, 15) is 9.59 Å². The summed E-state index contributed by atoms with van der Waals surface area (Å²) in [5.74, 6) is -0.208. The van der Waals surface area contributed by atoms with Crippen molar-refractivity contribution in [1.82, 2.24) is 15.2 Å². The van der Waals surface area contributed by atoms with Gasteiger partial charge in [0, 0.05) is 6.04 Å². The molecule has 0 bridgehead atoms. The van der Waals surface area contributed by atoms with Gasteiger partial charge >= 0.3 is 0 Å². The average molecular weight is 449 g/mol. The minimum absolute atomic E-state index is 0.0980. The molecule has 3 aromatic rings. The molecule has 1 aromatic heterocycles. The SMILES string of the molecule is O=C(CN1CCC[C@H]1c1nc2ccccc2s1)Nc1ccccc1C(=O)NC1CCCC1. The van der Waals surface area contributed by atoms with Crippen LogP contribution in [0.1, 0.15) is 59.9 Å². The molecule has 166 valence electrons. The first kappa shape index (κ1) is 21.1. The maximum Gasteiger partial charge on any atom is 0.253 e. The van der Waals surface area contributed by atoms with E-state index < -0.39 is 0 Å². The van der Waals surface area contributed by atoms with Crippen LogP contribution in [0.2, 0.25) is 0 Å². The lowest BCUT2D eigenvalue weighted by molar-refractivity contribution is -0.117. The number of thiazole rings is 1. The molecule has 2 aromatic carbocycles. The van der Waals surface area contributed by atoms with E-state index in [1.165, 1.54) is 4.70 Å². The molecule has 2 amide bonds. The van der Waals surface area contributed by atoms with Crippen LogP contribution in [-0.4, -0.2) is 40.8 Å². The second-order valence-corrected chi connectivity index (χ2v) is 9.76. The van der Waals surface area contributed by atoms with Gasteiger partial charge in [-0.3, -0.25) is 14.5 Å². The molecule has 1 aliphatic heterocycles. The van der Waals surface area contributed by atoms with E-state index in [1.54, 1.807) is 23.5 Å². The van der Waals surface area contributed by atoms with Crippen molar-refractivity contribution in [3.05, 3.63) is 59.1 Å². The highest BCUT2D eigenvalue weighted by atomic mass is 32.1. The number of hydrogen-bond acceptors (Lipinski definition) is 5. The zero-order valence-electron chi connectivity index (χ0n) is 18.0. The molecule has 0 unspecified atom stereocenters. The number of nitrogens with one attached hydrogen (secondary N) is 2. The lowest BCUT2D eigenvalue weighted by Gasteiger charge is -2.22. The Morgan fingerprint density at radius 2 is 1.78 bits per heavy atom. The Bertz CT molecular complexity index is 1090. The number of likely N-dealkylation sites (tertiary alicyclic amines) is 1. The van der Waals surface area contributed by atoms with Gasteiger partial charge in [0.1, 0.15) is 5.01 Å². The van der Waals surface area contributed by atoms with Gasteiger partial charge in [0.05, 0.1) is 34.1 Å². The van der Waals surface area contributed by atoms with E-state index in [0.717, 1.165) is 55.6 Å². The second kappa shape index (κ2) is 9.38. The number of para-hydroxylation sites is 2. The molecule has 1 atom stereocenters. The van der Waals surface area contributed by atoms with Gasteiger partial charge in [0.25, 0.3) is 5.91 Å². The fourth-order valence-corrected chi connectivity index (χ4v) is 5.96. The summed E-state index contributed by atoms with van der Waals surface area (Å²) in [6, 6.07) is 15.8. The van der Waals surface area contributed by atoms with Crippen LogP contribution in [-0.2, 0) is 4.79 Å². The number of amides is 2. The maximum atomic E-state index is 12.9. The molecule has 2 aliphatic rings. The zero-order valence-corrected chi connectivity index (χ0v) is 18.9. The molecule has 1 saturated heterocycles. The van der Waals surface area contributed by atoms with Crippen LogP contribution < -0.4 is 10.6 Å². The molecule has 2 N–H and O–H groups in total. The minimum Gasteiger partial charge on any atom is -0.349 e. The molecule has 1 aliphatic carbocycles. The normalized spacial score (nSPS) is 19.4. The number of aromatic nitrogens is 1. The molecule has 32 heavy (non-hydrogen) atoms. The van der Waals surface area contributed by atoms with Gasteiger partial charge in [0.15, 0.2) is 0 Å². The molecule has 6 nitrogen and oxygen atoms in total. The van der Waals surface area contributed by atoms with Crippen molar-refractivity contribution in [2.45, 2.75) is 50.6 Å². The topological polar surface area (TPSA) is 74.3 Å². The fourth-order valence-electron chi connectivity index (χ4n) is 4.83. The third-order valence-electron chi connectivity index (χ3n) is 6.44. The Morgan fingerprint density at radius 3 is 2.62 bits per heavy atom. The summed E-state index contributed by atoms with van der Waals surface area (Å²) in [6.07, 6.45) is 6.44. The Balaban J connectivity index is 1.26. The molecule has 7 heteroatoms. The highest BCUT2D eigenvalue weighted by molar-refractivity contribution is 7.18. The first-order valence-electron chi connectivity index (χ1n) is 11.5. The van der Waals surface area contributed by atoms with E-state index in [2.05, 4.69) is 21.6 Å². The summed E-state index contributed by atoms with van der Waals surface area (Å²) in [4.78, 5) is 32.7. The summed E-state index contributed by atoms with van der Waals surface area (Å²) >= 11 is 1.71. The van der Waals surface area contributed by atoms with Crippen molar-refractivity contribution in [2.75, 3.05) is 18.4 Å². The number of hydrogen-bond donors (Lipinski definition) is 2. The monoisotopic (exact) mass is 448 g/mol. The quantitative estimate of drug-likeness (QED) is 0.571. The van der Waals surface area contributed by atoms with E-state index in [4.69, 9.17) is 4.98 Å². The largest absolute Gasteiger partial charge is 0.349 e. The molecule has 2 fully saturated rings. The molecule has 2 heterocycles. The van der Waals surface area contributed by atoms with Gasteiger partial charge < -0.3 is 10.6 Å². The summed E-state index contributed by atoms with van der Waals surface area (Å²) in [7, 11) is 0. The number of rotatable bonds is 6. The molecule has 0 radical (unpaired) electrons. The number of anilines is 1. The van der Waals surface area contributed by atoms with Crippen molar-refractivity contribution in [3.63, 3.8) is 0 Å².